The summed E-state index contributed by atoms with van der Waals surface area (Å²) in [4.78, 5) is 23.1. The van der Waals surface area contributed by atoms with Gasteiger partial charge in [0.25, 0.3) is 0 Å². The number of alkyl halides is 2. The minimum absolute atomic E-state index is 0.227. The lowest BCUT2D eigenvalue weighted by Gasteiger charge is -2.13. The minimum atomic E-state index is -3.17. The van der Waals surface area contributed by atoms with Gasteiger partial charge in [0.2, 0.25) is 5.82 Å². The third kappa shape index (κ3) is 2.87. The van der Waals surface area contributed by atoms with Crippen LogP contribution in [0.25, 0.3) is 16.7 Å². The number of nitrogens with zero attached hydrogens (tertiary/aromatic N) is 4. The molecule has 24 heavy (non-hydrogen) atoms. The highest BCUT2D eigenvalue weighted by molar-refractivity contribution is 6.30. The van der Waals surface area contributed by atoms with Crippen LogP contribution in [-0.4, -0.2) is 25.8 Å². The molecule has 0 aromatic carbocycles. The molecule has 0 aliphatic carbocycles. The zero-order chi connectivity index (χ0) is 17.5. The molecule has 0 N–H and O–H groups in total. The van der Waals surface area contributed by atoms with Gasteiger partial charge in [0, 0.05) is 48.1 Å². The summed E-state index contributed by atoms with van der Waals surface area (Å²) >= 11 is 5.93. The highest BCUT2D eigenvalue weighted by Crippen LogP contribution is 2.28. The number of carbonyl (C=O) groups is 1. The molecule has 0 fully saturated rings. The van der Waals surface area contributed by atoms with Gasteiger partial charge >= 0.3 is 5.92 Å². The maximum absolute atomic E-state index is 13.7. The number of halogens is 3. The van der Waals surface area contributed by atoms with E-state index in [9.17, 15) is 13.6 Å². The first-order chi connectivity index (χ1) is 11.3. The number of aryl methyl sites for hydroxylation is 1. The molecule has 3 aromatic rings. The molecule has 0 aliphatic heterocycles. The van der Waals surface area contributed by atoms with Crippen molar-refractivity contribution in [1.29, 1.82) is 0 Å². The Morgan fingerprint density at radius 2 is 2.08 bits per heavy atom. The molecule has 0 saturated heterocycles. The average Bonchev–Trinajstić information content (AvgIpc) is 2.91. The van der Waals surface area contributed by atoms with E-state index in [1.165, 1.54) is 12.4 Å². The number of pyridine rings is 1. The second-order valence-electron chi connectivity index (χ2n) is 5.38. The van der Waals surface area contributed by atoms with Crippen molar-refractivity contribution >= 4 is 28.8 Å². The van der Waals surface area contributed by atoms with E-state index in [4.69, 9.17) is 11.6 Å². The zero-order valence-electron chi connectivity index (χ0n) is 12.9. The first kappa shape index (κ1) is 16.4. The third-order valence-electron chi connectivity index (χ3n) is 3.58. The normalized spacial score (nSPS) is 11.9. The first-order valence-corrected chi connectivity index (χ1v) is 7.59. The molecule has 8 heteroatoms. The second kappa shape index (κ2) is 5.90. The van der Waals surface area contributed by atoms with Crippen LogP contribution in [-0.2, 0) is 12.3 Å². The van der Waals surface area contributed by atoms with Crippen LogP contribution in [0.3, 0.4) is 0 Å². The molecule has 0 radical (unpaired) electrons. The molecule has 5 nitrogen and oxygen atoms in total. The second-order valence-corrected chi connectivity index (χ2v) is 5.77. The Morgan fingerprint density at radius 1 is 1.33 bits per heavy atom. The van der Waals surface area contributed by atoms with Gasteiger partial charge in [-0.05, 0) is 6.42 Å². The fourth-order valence-electron chi connectivity index (χ4n) is 2.39. The molecule has 0 bridgehead atoms. The van der Waals surface area contributed by atoms with Crippen molar-refractivity contribution in [3.63, 3.8) is 0 Å². The lowest BCUT2D eigenvalue weighted by Crippen LogP contribution is -2.16. The van der Waals surface area contributed by atoms with Gasteiger partial charge < -0.3 is 4.57 Å². The molecule has 3 rings (SSSR count). The number of hydrogen-bond acceptors (Lipinski definition) is 4. The van der Waals surface area contributed by atoms with Crippen LogP contribution in [0, 0.1) is 0 Å². The standard InChI is InChI=1S/C16H13ClF2N4O/c1-3-10-4-14(22-15(21-10)16(2,18)19)23-7-9(8-24)11-6-20-13(17)5-12(11)23/h4-8H,3H2,1-2H3. The summed E-state index contributed by atoms with van der Waals surface area (Å²) in [6.07, 6.45) is 4.14. The van der Waals surface area contributed by atoms with Crippen LogP contribution in [0.5, 0.6) is 0 Å². The van der Waals surface area contributed by atoms with Gasteiger partial charge in [-0.3, -0.25) is 4.79 Å². The van der Waals surface area contributed by atoms with E-state index >= 15 is 0 Å². The quantitative estimate of drug-likeness (QED) is 0.528. The number of aldehydes is 1. The Kier molecular flexibility index (Phi) is 4.04. The summed E-state index contributed by atoms with van der Waals surface area (Å²) in [7, 11) is 0. The lowest BCUT2D eigenvalue weighted by molar-refractivity contribution is 0.00744. The van der Waals surface area contributed by atoms with Gasteiger partial charge in [-0.25, -0.2) is 15.0 Å². The van der Waals surface area contributed by atoms with Crippen molar-refractivity contribution in [2.45, 2.75) is 26.2 Å². The Morgan fingerprint density at radius 3 is 2.71 bits per heavy atom. The van der Waals surface area contributed by atoms with Gasteiger partial charge in [0.15, 0.2) is 6.29 Å². The van der Waals surface area contributed by atoms with Gasteiger partial charge in [-0.15, -0.1) is 0 Å². The fourth-order valence-corrected chi connectivity index (χ4v) is 2.54. The summed E-state index contributed by atoms with van der Waals surface area (Å²) in [5.74, 6) is -3.49. The topological polar surface area (TPSA) is 60.7 Å². The molecule has 0 unspecified atom stereocenters. The van der Waals surface area contributed by atoms with Crippen LogP contribution >= 0.6 is 11.6 Å². The van der Waals surface area contributed by atoms with Crippen molar-refractivity contribution < 1.29 is 13.6 Å². The number of carbonyl (C=O) groups excluding carboxylic acids is 1. The predicted molar refractivity (Wildman–Crippen MR) is 86.0 cm³/mol. The molecule has 0 atom stereocenters. The van der Waals surface area contributed by atoms with Crippen LogP contribution < -0.4 is 0 Å². The van der Waals surface area contributed by atoms with E-state index in [1.54, 1.807) is 16.7 Å². The molecule has 0 saturated carbocycles. The Bertz CT molecular complexity index is 934. The summed E-state index contributed by atoms with van der Waals surface area (Å²) in [5.41, 5.74) is 1.41. The summed E-state index contributed by atoms with van der Waals surface area (Å²) in [6.45, 7) is 2.56. The molecule has 124 valence electrons. The molecule has 3 aromatic heterocycles. The number of aromatic nitrogens is 4. The van der Waals surface area contributed by atoms with Crippen molar-refractivity contribution in [1.82, 2.24) is 19.5 Å². The van der Waals surface area contributed by atoms with E-state index < -0.39 is 11.7 Å². The highest BCUT2D eigenvalue weighted by Gasteiger charge is 2.29. The fraction of sp³-hybridized carbons (Fsp3) is 0.250. The van der Waals surface area contributed by atoms with Crippen LogP contribution in [0.15, 0.2) is 24.5 Å². The van der Waals surface area contributed by atoms with E-state index in [-0.39, 0.29) is 11.0 Å². The maximum atomic E-state index is 13.7. The summed E-state index contributed by atoms with van der Waals surface area (Å²) < 4.78 is 28.9. The van der Waals surface area contributed by atoms with Crippen molar-refractivity contribution in [2.24, 2.45) is 0 Å². The number of hydrogen-bond donors (Lipinski definition) is 0. The van der Waals surface area contributed by atoms with Gasteiger partial charge in [-0.1, -0.05) is 18.5 Å². The predicted octanol–water partition coefficient (Wildman–Crippen LogP) is 3.96. The van der Waals surface area contributed by atoms with Crippen LogP contribution in [0.2, 0.25) is 5.15 Å². The monoisotopic (exact) mass is 350 g/mol. The Balaban J connectivity index is 2.31. The highest BCUT2D eigenvalue weighted by atomic mass is 35.5. The molecule has 0 spiro atoms. The van der Waals surface area contributed by atoms with Crippen molar-refractivity contribution in [3.8, 4) is 5.82 Å². The van der Waals surface area contributed by atoms with Gasteiger partial charge in [0.05, 0.1) is 5.52 Å². The summed E-state index contributed by atoms with van der Waals surface area (Å²) in [5, 5.41) is 0.793. The maximum Gasteiger partial charge on any atom is 0.303 e. The molecule has 0 amide bonds. The van der Waals surface area contributed by atoms with E-state index in [0.29, 0.717) is 34.9 Å². The molecule has 3 heterocycles. The van der Waals surface area contributed by atoms with Gasteiger partial charge in [-0.2, -0.15) is 8.78 Å². The van der Waals surface area contributed by atoms with Crippen LogP contribution in [0.1, 0.15) is 35.7 Å². The largest absolute Gasteiger partial charge is 0.303 e. The number of rotatable bonds is 4. The lowest BCUT2D eigenvalue weighted by atomic mass is 10.2. The Hall–Kier alpha value is -2.41. The van der Waals surface area contributed by atoms with E-state index in [1.807, 2.05) is 6.92 Å². The smallest absolute Gasteiger partial charge is 0.300 e. The molecule has 0 aliphatic rings. The van der Waals surface area contributed by atoms with E-state index in [0.717, 1.165) is 6.92 Å². The van der Waals surface area contributed by atoms with Crippen molar-refractivity contribution in [2.75, 3.05) is 0 Å². The molecular formula is C16H13ClF2N4O. The van der Waals surface area contributed by atoms with Crippen LogP contribution in [0.4, 0.5) is 8.78 Å². The minimum Gasteiger partial charge on any atom is -0.300 e. The SMILES string of the molecule is CCc1cc(-n2cc(C=O)c3cnc(Cl)cc32)nc(C(C)(F)F)n1. The third-order valence-corrected chi connectivity index (χ3v) is 3.79. The molecular weight excluding hydrogens is 338 g/mol. The van der Waals surface area contributed by atoms with Gasteiger partial charge in [0.1, 0.15) is 11.0 Å². The Labute approximate surface area is 141 Å². The van der Waals surface area contributed by atoms with E-state index in [2.05, 4.69) is 15.0 Å². The average molecular weight is 351 g/mol. The van der Waals surface area contributed by atoms with Crippen molar-refractivity contribution in [3.05, 3.63) is 46.8 Å². The summed E-state index contributed by atoms with van der Waals surface area (Å²) in [6, 6.07) is 3.17. The number of fused-ring (bicyclic) bond motifs is 1. The zero-order valence-corrected chi connectivity index (χ0v) is 13.7. The first-order valence-electron chi connectivity index (χ1n) is 7.22.